The number of aromatic amines is 2. The van der Waals surface area contributed by atoms with Gasteiger partial charge in [-0.25, -0.2) is 19.9 Å². The highest BCUT2D eigenvalue weighted by molar-refractivity contribution is 5.93. The molecule has 9 nitrogen and oxygen atoms in total. The first-order valence-corrected chi connectivity index (χ1v) is 6.81. The molecule has 0 saturated heterocycles. The van der Waals surface area contributed by atoms with Crippen molar-refractivity contribution >= 4 is 5.91 Å². The first kappa shape index (κ1) is 14.6. The molecule has 1 atom stereocenters. The van der Waals surface area contributed by atoms with Crippen LogP contribution in [-0.4, -0.2) is 36.0 Å². The van der Waals surface area contributed by atoms with E-state index >= 15 is 0 Å². The zero-order chi connectivity index (χ0) is 16.2. The number of hydrogen-bond donors (Lipinski definition) is 3. The molecule has 0 saturated carbocycles. The number of aromatic nitrogens is 6. The van der Waals surface area contributed by atoms with Gasteiger partial charge in [-0.3, -0.25) is 14.8 Å². The normalized spacial score (nSPS) is 11.9. The van der Waals surface area contributed by atoms with E-state index in [4.69, 9.17) is 0 Å². The van der Waals surface area contributed by atoms with Crippen molar-refractivity contribution in [2.24, 2.45) is 0 Å². The largest absolute Gasteiger partial charge is 0.342 e. The van der Waals surface area contributed by atoms with E-state index in [2.05, 4.69) is 35.5 Å². The average molecular weight is 311 g/mol. The van der Waals surface area contributed by atoms with E-state index in [1.165, 1.54) is 12.4 Å². The van der Waals surface area contributed by atoms with Gasteiger partial charge in [0, 0.05) is 30.4 Å². The summed E-state index contributed by atoms with van der Waals surface area (Å²) in [6.07, 6.45) is 6.17. The first-order chi connectivity index (χ1) is 11.1. The third kappa shape index (κ3) is 3.28. The van der Waals surface area contributed by atoms with Gasteiger partial charge in [-0.15, -0.1) is 0 Å². The number of pyridine rings is 1. The molecule has 9 heteroatoms. The number of carbonyl (C=O) groups is 1. The molecule has 0 bridgehead atoms. The van der Waals surface area contributed by atoms with E-state index in [9.17, 15) is 9.59 Å². The molecule has 0 fully saturated rings. The molecule has 3 aromatic rings. The lowest BCUT2D eigenvalue weighted by Gasteiger charge is -2.10. The summed E-state index contributed by atoms with van der Waals surface area (Å²) in [6.45, 7) is 1.70. The van der Waals surface area contributed by atoms with Crippen molar-refractivity contribution in [3.8, 4) is 11.4 Å². The van der Waals surface area contributed by atoms with Crippen molar-refractivity contribution in [1.29, 1.82) is 0 Å². The SMILES string of the molecule is C[C@H](NC(=O)c1cnc(-c2cccnc2)nc1)c1n[nH]c(=O)[nH]1. The highest BCUT2D eigenvalue weighted by Gasteiger charge is 2.15. The number of hydrogen-bond acceptors (Lipinski definition) is 6. The first-order valence-electron chi connectivity index (χ1n) is 6.81. The number of rotatable bonds is 4. The molecular formula is C14H13N7O2. The molecule has 3 heterocycles. The van der Waals surface area contributed by atoms with E-state index < -0.39 is 11.7 Å². The fourth-order valence-electron chi connectivity index (χ4n) is 1.93. The maximum Gasteiger partial charge on any atom is 0.340 e. The second kappa shape index (κ2) is 6.18. The summed E-state index contributed by atoms with van der Waals surface area (Å²) in [7, 11) is 0. The van der Waals surface area contributed by atoms with Gasteiger partial charge in [0.2, 0.25) is 0 Å². The summed E-state index contributed by atoms with van der Waals surface area (Å²) in [5, 5.41) is 8.72. The lowest BCUT2D eigenvalue weighted by molar-refractivity contribution is 0.0937. The number of carbonyl (C=O) groups excluding carboxylic acids is 1. The van der Waals surface area contributed by atoms with Crippen LogP contribution in [0.25, 0.3) is 11.4 Å². The zero-order valence-electron chi connectivity index (χ0n) is 12.1. The molecule has 23 heavy (non-hydrogen) atoms. The molecule has 116 valence electrons. The van der Waals surface area contributed by atoms with Crippen LogP contribution >= 0.6 is 0 Å². The highest BCUT2D eigenvalue weighted by atomic mass is 16.2. The van der Waals surface area contributed by atoms with Crippen LogP contribution < -0.4 is 11.0 Å². The Balaban J connectivity index is 1.72. The van der Waals surface area contributed by atoms with Gasteiger partial charge in [0.25, 0.3) is 5.91 Å². The predicted molar refractivity (Wildman–Crippen MR) is 80.4 cm³/mol. The van der Waals surface area contributed by atoms with Crippen molar-refractivity contribution in [3.05, 3.63) is 58.8 Å². The van der Waals surface area contributed by atoms with Gasteiger partial charge in [0.1, 0.15) is 0 Å². The van der Waals surface area contributed by atoms with Gasteiger partial charge < -0.3 is 5.32 Å². The van der Waals surface area contributed by atoms with E-state index in [1.807, 2.05) is 6.07 Å². The molecule has 0 unspecified atom stereocenters. The Hall–Kier alpha value is -3.36. The zero-order valence-corrected chi connectivity index (χ0v) is 12.1. The number of nitrogens with one attached hydrogen (secondary N) is 3. The lowest BCUT2D eigenvalue weighted by Crippen LogP contribution is -2.27. The molecule has 0 spiro atoms. The van der Waals surface area contributed by atoms with E-state index in [0.29, 0.717) is 17.2 Å². The maximum atomic E-state index is 12.1. The third-order valence-corrected chi connectivity index (χ3v) is 3.11. The molecule has 3 N–H and O–H groups in total. The Morgan fingerprint density at radius 3 is 2.65 bits per heavy atom. The van der Waals surface area contributed by atoms with Gasteiger partial charge in [0.15, 0.2) is 11.6 Å². The smallest absolute Gasteiger partial charge is 0.340 e. The van der Waals surface area contributed by atoms with Gasteiger partial charge in [-0.1, -0.05) is 0 Å². The predicted octanol–water partition coefficient (Wildman–Crippen LogP) is 0.441. The van der Waals surface area contributed by atoms with Crippen molar-refractivity contribution in [3.63, 3.8) is 0 Å². The molecule has 0 aromatic carbocycles. The van der Waals surface area contributed by atoms with Gasteiger partial charge in [0.05, 0.1) is 11.6 Å². The molecule has 0 radical (unpaired) electrons. The summed E-state index contributed by atoms with van der Waals surface area (Å²) in [5.41, 5.74) is 0.648. The Morgan fingerprint density at radius 1 is 1.26 bits per heavy atom. The molecule has 3 aromatic heterocycles. The minimum absolute atomic E-state index is 0.308. The number of nitrogens with zero attached hydrogens (tertiary/aromatic N) is 4. The molecular weight excluding hydrogens is 298 g/mol. The van der Waals surface area contributed by atoms with Crippen LogP contribution in [0, 0.1) is 0 Å². The van der Waals surface area contributed by atoms with E-state index in [1.54, 1.807) is 25.4 Å². The fraction of sp³-hybridized carbons (Fsp3) is 0.143. The van der Waals surface area contributed by atoms with Gasteiger partial charge >= 0.3 is 5.69 Å². The van der Waals surface area contributed by atoms with Crippen LogP contribution in [-0.2, 0) is 0 Å². The number of amides is 1. The minimum Gasteiger partial charge on any atom is -0.342 e. The van der Waals surface area contributed by atoms with Gasteiger partial charge in [-0.05, 0) is 19.1 Å². The van der Waals surface area contributed by atoms with Crippen LogP contribution in [0.3, 0.4) is 0 Å². The van der Waals surface area contributed by atoms with E-state index in [-0.39, 0.29) is 5.91 Å². The summed E-state index contributed by atoms with van der Waals surface area (Å²) >= 11 is 0. The van der Waals surface area contributed by atoms with Crippen molar-refractivity contribution < 1.29 is 4.79 Å². The number of H-pyrrole nitrogens is 2. The minimum atomic E-state index is -0.459. The Labute approximate surface area is 130 Å². The van der Waals surface area contributed by atoms with Crippen LogP contribution in [0.4, 0.5) is 0 Å². The Bertz CT molecular complexity index is 855. The Morgan fingerprint density at radius 2 is 2.04 bits per heavy atom. The standard InChI is InChI=1S/C14H13N7O2/c1-8(11-19-14(23)21-20-11)18-13(22)10-6-16-12(17-7-10)9-3-2-4-15-5-9/h2-8H,1H3,(H,18,22)(H2,19,20,21,23)/t8-/m0/s1. The fourth-order valence-corrected chi connectivity index (χ4v) is 1.93. The van der Waals surface area contributed by atoms with Crippen molar-refractivity contribution in [2.45, 2.75) is 13.0 Å². The van der Waals surface area contributed by atoms with Crippen molar-refractivity contribution in [1.82, 2.24) is 35.5 Å². The molecule has 3 rings (SSSR count). The summed E-state index contributed by atoms with van der Waals surface area (Å²) in [5.74, 6) is 0.467. The molecule has 0 aliphatic heterocycles. The van der Waals surface area contributed by atoms with Crippen molar-refractivity contribution in [2.75, 3.05) is 0 Å². The van der Waals surface area contributed by atoms with E-state index in [0.717, 1.165) is 5.56 Å². The maximum absolute atomic E-state index is 12.1. The third-order valence-electron chi connectivity index (χ3n) is 3.11. The molecule has 0 aliphatic carbocycles. The lowest BCUT2D eigenvalue weighted by atomic mass is 10.2. The topological polar surface area (TPSA) is 129 Å². The molecule has 0 aliphatic rings. The summed E-state index contributed by atoms with van der Waals surface area (Å²) in [4.78, 5) is 38.0. The van der Waals surface area contributed by atoms with Crippen LogP contribution in [0.15, 0.2) is 41.7 Å². The molecule has 1 amide bonds. The van der Waals surface area contributed by atoms with Crippen LogP contribution in [0.5, 0.6) is 0 Å². The highest BCUT2D eigenvalue weighted by Crippen LogP contribution is 2.12. The van der Waals surface area contributed by atoms with Crippen LogP contribution in [0.1, 0.15) is 29.1 Å². The quantitative estimate of drug-likeness (QED) is 0.641. The average Bonchev–Trinajstić information content (AvgIpc) is 3.02. The van der Waals surface area contributed by atoms with Crippen LogP contribution in [0.2, 0.25) is 0 Å². The summed E-state index contributed by atoms with van der Waals surface area (Å²) in [6, 6.07) is 3.16. The summed E-state index contributed by atoms with van der Waals surface area (Å²) < 4.78 is 0. The monoisotopic (exact) mass is 311 g/mol. The van der Waals surface area contributed by atoms with Gasteiger partial charge in [-0.2, -0.15) is 5.10 Å². The Kier molecular flexibility index (Phi) is 3.91. The second-order valence-electron chi connectivity index (χ2n) is 4.80. The second-order valence-corrected chi connectivity index (χ2v) is 4.80.